The van der Waals surface area contributed by atoms with Crippen molar-refractivity contribution in [2.75, 3.05) is 0 Å². The zero-order valence-corrected chi connectivity index (χ0v) is 21.8. The Morgan fingerprint density at radius 1 is 0.639 bits per heavy atom. The van der Waals surface area contributed by atoms with Gasteiger partial charge in [-0.2, -0.15) is 0 Å². The van der Waals surface area contributed by atoms with Gasteiger partial charge in [0.2, 0.25) is 0 Å². The number of fused-ring (bicyclic) bond motifs is 1. The van der Waals surface area contributed by atoms with Crippen molar-refractivity contribution in [3.63, 3.8) is 0 Å². The lowest BCUT2D eigenvalue weighted by molar-refractivity contribution is 0.316. The monoisotopic (exact) mass is 478 g/mol. The number of nitrogens with zero attached hydrogens (tertiary/aromatic N) is 2. The van der Waals surface area contributed by atoms with Gasteiger partial charge >= 0.3 is 0 Å². The van der Waals surface area contributed by atoms with E-state index in [0.29, 0.717) is 0 Å². The highest BCUT2D eigenvalue weighted by atomic mass is 15.0. The van der Waals surface area contributed by atoms with Crippen molar-refractivity contribution in [3.05, 3.63) is 83.0 Å². The standard InChI is InChI=1S/C30H34N6/c1-29(2,3)25(31)27-33-17-23(35-27)13-9-19-7-11-22-16-20(8-12-21(22)15-19)10-14-24-18-34-28(36-24)26(32)30(4,5)6/h7-8,11-12,15-18,25-26H,31-32H2,1-6H3,(H,33,35)(H,34,36). The average Bonchev–Trinajstić information content (AvgIpc) is 3.49. The van der Waals surface area contributed by atoms with Gasteiger partial charge in [0.05, 0.1) is 24.5 Å². The van der Waals surface area contributed by atoms with E-state index in [1.807, 2.05) is 12.1 Å². The lowest BCUT2D eigenvalue weighted by atomic mass is 9.87. The Morgan fingerprint density at radius 3 is 1.39 bits per heavy atom. The topological polar surface area (TPSA) is 109 Å². The molecule has 0 bridgehead atoms. The summed E-state index contributed by atoms with van der Waals surface area (Å²) in [6, 6.07) is 12.0. The molecular weight excluding hydrogens is 444 g/mol. The van der Waals surface area contributed by atoms with Crippen molar-refractivity contribution in [2.45, 2.75) is 53.6 Å². The molecule has 0 radical (unpaired) electrons. The van der Waals surface area contributed by atoms with E-state index in [1.54, 1.807) is 12.4 Å². The first kappa shape index (κ1) is 25.3. The van der Waals surface area contributed by atoms with Gasteiger partial charge < -0.3 is 21.4 Å². The van der Waals surface area contributed by atoms with E-state index < -0.39 is 0 Å². The van der Waals surface area contributed by atoms with E-state index in [4.69, 9.17) is 11.5 Å². The number of hydrogen-bond acceptors (Lipinski definition) is 4. The molecule has 2 atom stereocenters. The maximum Gasteiger partial charge on any atom is 0.124 e. The third kappa shape index (κ3) is 5.86. The molecular formula is C30H34N6. The fourth-order valence-corrected chi connectivity index (χ4v) is 3.62. The van der Waals surface area contributed by atoms with Crippen LogP contribution in [0.4, 0.5) is 0 Å². The van der Waals surface area contributed by atoms with Crippen LogP contribution in [0, 0.1) is 34.5 Å². The minimum Gasteiger partial charge on any atom is -0.334 e. The summed E-state index contributed by atoms with van der Waals surface area (Å²) in [7, 11) is 0. The van der Waals surface area contributed by atoms with Crippen molar-refractivity contribution in [2.24, 2.45) is 22.3 Å². The number of aromatic nitrogens is 4. The predicted molar refractivity (Wildman–Crippen MR) is 146 cm³/mol. The maximum atomic E-state index is 6.29. The van der Waals surface area contributed by atoms with Gasteiger partial charge in [-0.3, -0.25) is 0 Å². The molecule has 0 aliphatic carbocycles. The second-order valence-corrected chi connectivity index (χ2v) is 11.3. The number of nitrogens with one attached hydrogen (secondary N) is 2. The molecule has 2 unspecified atom stereocenters. The third-order valence-corrected chi connectivity index (χ3v) is 6.17. The van der Waals surface area contributed by atoms with Crippen molar-refractivity contribution in [1.82, 2.24) is 19.9 Å². The lowest BCUT2D eigenvalue weighted by Crippen LogP contribution is -2.27. The summed E-state index contributed by atoms with van der Waals surface area (Å²) in [6.07, 6.45) is 3.47. The maximum absolute atomic E-state index is 6.29. The molecule has 0 aliphatic rings. The molecule has 2 heterocycles. The molecule has 184 valence electrons. The summed E-state index contributed by atoms with van der Waals surface area (Å²) in [5.74, 6) is 14.3. The lowest BCUT2D eigenvalue weighted by Gasteiger charge is -2.24. The van der Waals surface area contributed by atoms with Crippen LogP contribution in [0.1, 0.15) is 87.8 Å². The molecule has 2 aromatic carbocycles. The highest BCUT2D eigenvalue weighted by molar-refractivity contribution is 5.85. The second kappa shape index (κ2) is 9.66. The first-order chi connectivity index (χ1) is 16.9. The quantitative estimate of drug-likeness (QED) is 0.298. The summed E-state index contributed by atoms with van der Waals surface area (Å²) in [4.78, 5) is 15.3. The molecule has 36 heavy (non-hydrogen) atoms. The summed E-state index contributed by atoms with van der Waals surface area (Å²) in [6.45, 7) is 12.6. The van der Waals surface area contributed by atoms with Gasteiger partial charge in [0.1, 0.15) is 23.0 Å². The summed E-state index contributed by atoms with van der Waals surface area (Å²) >= 11 is 0. The van der Waals surface area contributed by atoms with Crippen LogP contribution in [0.5, 0.6) is 0 Å². The normalized spacial score (nSPS) is 13.4. The second-order valence-electron chi connectivity index (χ2n) is 11.3. The molecule has 0 saturated carbocycles. The van der Waals surface area contributed by atoms with E-state index >= 15 is 0 Å². The van der Waals surface area contributed by atoms with Crippen molar-refractivity contribution < 1.29 is 0 Å². The van der Waals surface area contributed by atoms with Crippen molar-refractivity contribution in [3.8, 4) is 23.7 Å². The fourth-order valence-electron chi connectivity index (χ4n) is 3.62. The van der Waals surface area contributed by atoms with E-state index in [9.17, 15) is 0 Å². The van der Waals surface area contributed by atoms with Gasteiger partial charge in [0.25, 0.3) is 0 Å². The summed E-state index contributed by atoms with van der Waals surface area (Å²) in [5, 5.41) is 2.21. The Balaban J connectivity index is 1.49. The van der Waals surface area contributed by atoms with Gasteiger partial charge in [-0.15, -0.1) is 0 Å². The Kier molecular flexibility index (Phi) is 6.78. The molecule has 6 heteroatoms. The molecule has 0 fully saturated rings. The Labute approximate surface area is 213 Å². The highest BCUT2D eigenvalue weighted by Gasteiger charge is 2.25. The molecule has 0 aliphatic heterocycles. The first-order valence-electron chi connectivity index (χ1n) is 12.1. The Morgan fingerprint density at radius 2 is 1.03 bits per heavy atom. The zero-order chi connectivity index (χ0) is 26.1. The number of H-pyrrole nitrogens is 2. The first-order valence-corrected chi connectivity index (χ1v) is 12.1. The van der Waals surface area contributed by atoms with Gasteiger partial charge in [-0.05, 0) is 57.7 Å². The summed E-state index contributed by atoms with van der Waals surface area (Å²) in [5.41, 5.74) is 15.8. The molecule has 0 saturated heterocycles. The Hall–Kier alpha value is -3.84. The SMILES string of the molecule is CC(C)(C)C(N)c1ncc(C#Cc2ccc3cc(C#Cc4cnc(C(N)C(C)(C)C)[nH]4)ccc3c2)[nH]1. The van der Waals surface area contributed by atoms with Crippen LogP contribution in [0.15, 0.2) is 48.8 Å². The minimum atomic E-state index is -0.178. The average molecular weight is 479 g/mol. The number of aromatic amines is 2. The van der Waals surface area contributed by atoms with Crippen LogP contribution in [0.25, 0.3) is 10.8 Å². The van der Waals surface area contributed by atoms with Gasteiger partial charge in [-0.1, -0.05) is 65.5 Å². The van der Waals surface area contributed by atoms with Crippen LogP contribution >= 0.6 is 0 Å². The van der Waals surface area contributed by atoms with Crippen LogP contribution in [-0.4, -0.2) is 19.9 Å². The minimum absolute atomic E-state index is 0.0782. The van der Waals surface area contributed by atoms with Crippen molar-refractivity contribution >= 4 is 10.8 Å². The molecule has 0 spiro atoms. The van der Waals surface area contributed by atoms with Gasteiger partial charge in [0, 0.05) is 11.1 Å². The number of imidazole rings is 2. The number of nitrogens with two attached hydrogens (primary N) is 2. The summed E-state index contributed by atoms with van der Waals surface area (Å²) < 4.78 is 0. The van der Waals surface area contributed by atoms with Crippen LogP contribution in [-0.2, 0) is 0 Å². The zero-order valence-electron chi connectivity index (χ0n) is 21.8. The molecule has 4 aromatic rings. The van der Waals surface area contributed by atoms with Gasteiger partial charge in [-0.25, -0.2) is 9.97 Å². The number of hydrogen-bond donors (Lipinski definition) is 4. The molecule has 2 aromatic heterocycles. The van der Waals surface area contributed by atoms with E-state index in [2.05, 4.69) is 109 Å². The molecule has 0 amide bonds. The van der Waals surface area contributed by atoms with Crippen LogP contribution in [0.2, 0.25) is 0 Å². The number of rotatable bonds is 2. The Bertz CT molecular complexity index is 1390. The highest BCUT2D eigenvalue weighted by Crippen LogP contribution is 2.29. The fraction of sp³-hybridized carbons (Fsp3) is 0.333. The number of benzene rings is 2. The smallest absolute Gasteiger partial charge is 0.124 e. The third-order valence-electron chi connectivity index (χ3n) is 6.17. The van der Waals surface area contributed by atoms with E-state index in [0.717, 1.165) is 44.9 Å². The van der Waals surface area contributed by atoms with Crippen LogP contribution in [0.3, 0.4) is 0 Å². The van der Waals surface area contributed by atoms with E-state index in [-0.39, 0.29) is 22.9 Å². The molecule has 6 N–H and O–H groups in total. The molecule has 4 rings (SSSR count). The van der Waals surface area contributed by atoms with E-state index in [1.165, 1.54) is 0 Å². The largest absolute Gasteiger partial charge is 0.334 e. The molecule has 6 nitrogen and oxygen atoms in total. The van der Waals surface area contributed by atoms with Gasteiger partial charge in [0.15, 0.2) is 0 Å². The predicted octanol–water partition coefficient (Wildman–Crippen LogP) is 5.18. The van der Waals surface area contributed by atoms with Crippen LogP contribution < -0.4 is 11.5 Å². The van der Waals surface area contributed by atoms with Crippen molar-refractivity contribution in [1.29, 1.82) is 0 Å².